The van der Waals surface area contributed by atoms with E-state index in [4.69, 9.17) is 0 Å². The Morgan fingerprint density at radius 2 is 1.25 bits per heavy atom. The zero-order valence-electron chi connectivity index (χ0n) is 7.19. The Kier molecular flexibility index (Phi) is 2.20. The van der Waals surface area contributed by atoms with E-state index in [2.05, 4.69) is 12.2 Å². The fraction of sp³-hybridized carbons (Fsp3) is 0.800. The molecule has 4 atom stereocenters. The topological polar surface area (TPSA) is 40.5 Å². The molecule has 0 heterocycles. The monoisotopic (exact) mass is 168 g/mol. The van der Waals surface area contributed by atoms with Gasteiger partial charge in [0.25, 0.3) is 0 Å². The molecule has 0 saturated heterocycles. The number of fused-ring (bicyclic) bond motifs is 1. The van der Waals surface area contributed by atoms with Crippen LogP contribution in [0.3, 0.4) is 0 Å². The molecule has 0 aromatic carbocycles. The SMILES string of the molecule is O[C@@H]1CC[C@@H](O)[C@H]2CC=CC[C@H]21. The molecule has 2 rings (SSSR count). The van der Waals surface area contributed by atoms with Gasteiger partial charge in [0.2, 0.25) is 0 Å². The van der Waals surface area contributed by atoms with Gasteiger partial charge in [-0.1, -0.05) is 12.2 Å². The van der Waals surface area contributed by atoms with Crippen LogP contribution in [-0.2, 0) is 0 Å². The van der Waals surface area contributed by atoms with Crippen LogP contribution in [0.1, 0.15) is 25.7 Å². The summed E-state index contributed by atoms with van der Waals surface area (Å²) in [5.41, 5.74) is 0. The van der Waals surface area contributed by atoms with Gasteiger partial charge in [-0.25, -0.2) is 0 Å². The van der Waals surface area contributed by atoms with E-state index in [1.54, 1.807) is 0 Å². The van der Waals surface area contributed by atoms with Crippen molar-refractivity contribution >= 4 is 0 Å². The number of hydrogen-bond acceptors (Lipinski definition) is 2. The van der Waals surface area contributed by atoms with Crippen molar-refractivity contribution in [2.24, 2.45) is 11.8 Å². The minimum absolute atomic E-state index is 0.177. The fourth-order valence-corrected chi connectivity index (χ4v) is 2.51. The molecule has 1 fully saturated rings. The maximum atomic E-state index is 9.68. The molecular weight excluding hydrogens is 152 g/mol. The van der Waals surface area contributed by atoms with Gasteiger partial charge >= 0.3 is 0 Å². The fourth-order valence-electron chi connectivity index (χ4n) is 2.51. The second-order valence-corrected chi connectivity index (χ2v) is 3.98. The van der Waals surface area contributed by atoms with Crippen LogP contribution >= 0.6 is 0 Å². The molecule has 0 bridgehead atoms. The van der Waals surface area contributed by atoms with Gasteiger partial charge in [0.05, 0.1) is 12.2 Å². The third-order valence-electron chi connectivity index (χ3n) is 3.28. The van der Waals surface area contributed by atoms with Crippen molar-refractivity contribution < 1.29 is 10.2 Å². The summed E-state index contributed by atoms with van der Waals surface area (Å²) in [6, 6.07) is 0. The highest BCUT2D eigenvalue weighted by Crippen LogP contribution is 2.37. The second kappa shape index (κ2) is 3.19. The summed E-state index contributed by atoms with van der Waals surface area (Å²) in [5.74, 6) is 0.637. The lowest BCUT2D eigenvalue weighted by Crippen LogP contribution is -2.41. The van der Waals surface area contributed by atoms with Crippen molar-refractivity contribution in [1.82, 2.24) is 0 Å². The second-order valence-electron chi connectivity index (χ2n) is 3.98. The van der Waals surface area contributed by atoms with E-state index in [1.807, 2.05) is 0 Å². The van der Waals surface area contributed by atoms with Crippen molar-refractivity contribution in [1.29, 1.82) is 0 Å². The van der Waals surface area contributed by atoms with Gasteiger partial charge < -0.3 is 10.2 Å². The molecule has 0 aromatic rings. The van der Waals surface area contributed by atoms with Gasteiger partial charge in [0, 0.05) is 0 Å². The number of rotatable bonds is 0. The van der Waals surface area contributed by atoms with Crippen molar-refractivity contribution in [3.63, 3.8) is 0 Å². The van der Waals surface area contributed by atoms with Crippen LogP contribution in [0, 0.1) is 11.8 Å². The highest BCUT2D eigenvalue weighted by atomic mass is 16.3. The number of aliphatic hydroxyl groups is 2. The lowest BCUT2D eigenvalue weighted by atomic mass is 9.70. The average molecular weight is 168 g/mol. The molecule has 12 heavy (non-hydrogen) atoms. The van der Waals surface area contributed by atoms with E-state index in [0.29, 0.717) is 11.8 Å². The van der Waals surface area contributed by atoms with E-state index in [1.165, 1.54) is 0 Å². The third kappa shape index (κ3) is 1.29. The minimum atomic E-state index is -0.177. The van der Waals surface area contributed by atoms with E-state index < -0.39 is 0 Å². The van der Waals surface area contributed by atoms with Crippen LogP contribution in [0.5, 0.6) is 0 Å². The molecule has 0 amide bonds. The van der Waals surface area contributed by atoms with Crippen LogP contribution < -0.4 is 0 Å². The maximum absolute atomic E-state index is 9.68. The van der Waals surface area contributed by atoms with E-state index in [-0.39, 0.29) is 12.2 Å². The summed E-state index contributed by atoms with van der Waals surface area (Å²) in [4.78, 5) is 0. The molecule has 2 nitrogen and oxygen atoms in total. The summed E-state index contributed by atoms with van der Waals surface area (Å²) in [6.45, 7) is 0. The molecule has 0 aliphatic heterocycles. The summed E-state index contributed by atoms with van der Waals surface area (Å²) in [5, 5.41) is 19.4. The predicted octanol–water partition coefficient (Wildman–Crippen LogP) is 1.08. The first kappa shape index (κ1) is 8.27. The molecule has 2 aliphatic carbocycles. The Bertz CT molecular complexity index is 168. The van der Waals surface area contributed by atoms with Crippen LogP contribution in [0.4, 0.5) is 0 Å². The molecule has 1 saturated carbocycles. The van der Waals surface area contributed by atoms with E-state index in [9.17, 15) is 10.2 Å². The third-order valence-corrected chi connectivity index (χ3v) is 3.28. The van der Waals surface area contributed by atoms with Crippen molar-refractivity contribution in [2.75, 3.05) is 0 Å². The molecule has 0 unspecified atom stereocenters. The largest absolute Gasteiger partial charge is 0.393 e. The standard InChI is InChI=1S/C10H16O2/c11-9-5-6-10(12)8-4-2-1-3-7(8)9/h1-2,7-12H,3-6H2/t7-,8+,9-,10-/m1/s1. The van der Waals surface area contributed by atoms with Crippen LogP contribution in [0.25, 0.3) is 0 Å². The Morgan fingerprint density at radius 1 is 0.833 bits per heavy atom. The van der Waals surface area contributed by atoms with Crippen molar-refractivity contribution in [3.05, 3.63) is 12.2 Å². The van der Waals surface area contributed by atoms with Gasteiger partial charge in [0.15, 0.2) is 0 Å². The summed E-state index contributed by atoms with van der Waals surface area (Å²) in [7, 11) is 0. The molecule has 0 spiro atoms. The molecule has 68 valence electrons. The van der Waals surface area contributed by atoms with Crippen molar-refractivity contribution in [3.8, 4) is 0 Å². The van der Waals surface area contributed by atoms with Gasteiger partial charge in [-0.3, -0.25) is 0 Å². The quantitative estimate of drug-likeness (QED) is 0.531. The maximum Gasteiger partial charge on any atom is 0.0576 e. The minimum Gasteiger partial charge on any atom is -0.393 e. The van der Waals surface area contributed by atoms with Gasteiger partial charge in [-0.2, -0.15) is 0 Å². The number of hydrogen-bond donors (Lipinski definition) is 2. The van der Waals surface area contributed by atoms with Gasteiger partial charge in [0.1, 0.15) is 0 Å². The lowest BCUT2D eigenvalue weighted by Gasteiger charge is -2.39. The normalized spacial score (nSPS) is 47.2. The first-order valence-corrected chi connectivity index (χ1v) is 4.80. The lowest BCUT2D eigenvalue weighted by molar-refractivity contribution is -0.0436. The van der Waals surface area contributed by atoms with Crippen LogP contribution in [0.2, 0.25) is 0 Å². The van der Waals surface area contributed by atoms with Gasteiger partial charge in [-0.05, 0) is 37.5 Å². The Balaban J connectivity index is 2.12. The highest BCUT2D eigenvalue weighted by Gasteiger charge is 2.37. The summed E-state index contributed by atoms with van der Waals surface area (Å²) < 4.78 is 0. The summed E-state index contributed by atoms with van der Waals surface area (Å²) in [6.07, 6.45) is 7.34. The average Bonchev–Trinajstić information content (AvgIpc) is 2.12. The highest BCUT2D eigenvalue weighted by molar-refractivity contribution is 5.00. The zero-order valence-corrected chi connectivity index (χ0v) is 7.19. The number of allylic oxidation sites excluding steroid dienone is 2. The van der Waals surface area contributed by atoms with Crippen LogP contribution in [0.15, 0.2) is 12.2 Å². The Hall–Kier alpha value is -0.340. The van der Waals surface area contributed by atoms with E-state index in [0.717, 1.165) is 25.7 Å². The molecule has 2 aliphatic rings. The van der Waals surface area contributed by atoms with E-state index >= 15 is 0 Å². The molecule has 0 aromatic heterocycles. The van der Waals surface area contributed by atoms with Gasteiger partial charge in [-0.15, -0.1) is 0 Å². The molecule has 2 heteroatoms. The van der Waals surface area contributed by atoms with Crippen LogP contribution in [-0.4, -0.2) is 22.4 Å². The first-order valence-electron chi connectivity index (χ1n) is 4.80. The molecule has 0 radical (unpaired) electrons. The molecular formula is C10H16O2. The summed E-state index contributed by atoms with van der Waals surface area (Å²) >= 11 is 0. The zero-order chi connectivity index (χ0) is 8.55. The Labute approximate surface area is 72.9 Å². The first-order chi connectivity index (χ1) is 5.79. The van der Waals surface area contributed by atoms with Crippen molar-refractivity contribution in [2.45, 2.75) is 37.9 Å². The Morgan fingerprint density at radius 3 is 1.67 bits per heavy atom. The smallest absolute Gasteiger partial charge is 0.0576 e. The predicted molar refractivity (Wildman–Crippen MR) is 46.6 cm³/mol. The number of aliphatic hydroxyl groups excluding tert-OH is 2. The molecule has 2 N–H and O–H groups in total.